The number of benzene rings is 2. The van der Waals surface area contributed by atoms with E-state index in [0.29, 0.717) is 29.6 Å². The molecule has 49 heavy (non-hydrogen) atoms. The van der Waals surface area contributed by atoms with E-state index in [1.165, 1.54) is 11.7 Å². The van der Waals surface area contributed by atoms with E-state index in [1.807, 2.05) is 55.5 Å². The Kier molecular flexibility index (Phi) is 9.01. The van der Waals surface area contributed by atoms with Crippen molar-refractivity contribution in [3.63, 3.8) is 0 Å². The van der Waals surface area contributed by atoms with Crippen molar-refractivity contribution < 1.29 is 32.3 Å². The maximum Gasteiger partial charge on any atom is 0.519 e. The first kappa shape index (κ1) is 33.1. The summed E-state index contributed by atoms with van der Waals surface area (Å²) in [5, 5.41) is 23.8. The van der Waals surface area contributed by atoms with Gasteiger partial charge in [0.15, 0.2) is 29.6 Å². The van der Waals surface area contributed by atoms with Crippen molar-refractivity contribution in [2.45, 2.75) is 72.8 Å². The molecule has 0 aliphatic carbocycles. The molecule has 4 aromatic heterocycles. The third-order valence-electron chi connectivity index (χ3n) is 7.81. The third-order valence-corrected chi connectivity index (χ3v) is 7.81. The number of hydrogen-bond acceptors (Lipinski definition) is 13. The van der Waals surface area contributed by atoms with E-state index >= 15 is 0 Å². The molecule has 15 heteroatoms. The minimum absolute atomic E-state index is 0.0831. The van der Waals surface area contributed by atoms with Crippen LogP contribution in [0.1, 0.15) is 77.8 Å². The van der Waals surface area contributed by atoms with Crippen molar-refractivity contribution in [2.75, 3.05) is 0 Å². The Morgan fingerprint density at radius 3 is 2.16 bits per heavy atom. The zero-order chi connectivity index (χ0) is 34.9. The van der Waals surface area contributed by atoms with Gasteiger partial charge in [0.1, 0.15) is 29.4 Å². The van der Waals surface area contributed by atoms with Crippen LogP contribution in [0.2, 0.25) is 0 Å². The fourth-order valence-corrected chi connectivity index (χ4v) is 5.39. The van der Waals surface area contributed by atoms with E-state index in [-0.39, 0.29) is 42.6 Å². The van der Waals surface area contributed by atoms with E-state index < -0.39 is 23.2 Å². The van der Waals surface area contributed by atoms with Crippen LogP contribution in [0.5, 0.6) is 0 Å². The number of ether oxygens (including phenoxy) is 1. The number of imidazole rings is 1. The summed E-state index contributed by atoms with van der Waals surface area (Å²) in [5.41, 5.74) is 2.20. The predicted molar refractivity (Wildman–Crippen MR) is 171 cm³/mol. The highest BCUT2D eigenvalue weighted by Crippen LogP contribution is 2.31. The summed E-state index contributed by atoms with van der Waals surface area (Å²) in [6, 6.07) is 15.4. The topological polar surface area (TPSA) is 195 Å². The number of aromatic nitrogens is 6. The number of hydrogen-bond donors (Lipinski definition) is 1. The fourth-order valence-electron chi connectivity index (χ4n) is 5.39. The summed E-state index contributed by atoms with van der Waals surface area (Å²) >= 11 is 0. The van der Waals surface area contributed by atoms with Crippen LogP contribution in [0.4, 0.5) is 0 Å². The lowest BCUT2D eigenvalue weighted by Gasteiger charge is -2.17. The molecule has 0 fully saturated rings. The Morgan fingerprint density at radius 2 is 1.55 bits per heavy atom. The number of aryl methyl sites for hydroxylation is 3. The number of carbonyl (C=O) groups is 1. The number of nitrogens with zero attached hydrogens (tertiary/aromatic N) is 6. The molecule has 6 aromatic rings. The second kappa shape index (κ2) is 13.4. The lowest BCUT2D eigenvalue weighted by Crippen LogP contribution is -2.23. The normalized spacial score (nSPS) is 11.7. The molecule has 2 aromatic carbocycles. The maximum atomic E-state index is 13.6. The van der Waals surface area contributed by atoms with Gasteiger partial charge in [-0.2, -0.15) is 4.80 Å². The Bertz CT molecular complexity index is 2220. The summed E-state index contributed by atoms with van der Waals surface area (Å²) < 4.78 is 27.1. The largest absolute Gasteiger partial charge is 0.519 e. The van der Waals surface area contributed by atoms with Gasteiger partial charge >= 0.3 is 17.6 Å². The molecule has 15 nitrogen and oxygen atoms in total. The second-order valence-electron chi connectivity index (χ2n) is 11.9. The molecular formula is C34H34N6O9. The lowest BCUT2D eigenvalue weighted by molar-refractivity contribution is 0.0395. The van der Waals surface area contributed by atoms with Gasteiger partial charge in [-0.25, -0.2) is 19.4 Å². The third kappa shape index (κ3) is 7.06. The van der Waals surface area contributed by atoms with Crippen molar-refractivity contribution in [1.82, 2.24) is 29.8 Å². The Balaban J connectivity index is 1.28. The molecular weight excluding hydrogens is 636 g/mol. The van der Waals surface area contributed by atoms with Crippen LogP contribution in [0.25, 0.3) is 22.5 Å². The number of esters is 1. The predicted octanol–water partition coefficient (Wildman–Crippen LogP) is 4.55. The van der Waals surface area contributed by atoms with Gasteiger partial charge in [-0.05, 0) is 56.0 Å². The van der Waals surface area contributed by atoms with E-state index in [0.717, 1.165) is 28.7 Å². The average molecular weight is 671 g/mol. The molecule has 0 bridgehead atoms. The Labute approximate surface area is 278 Å². The van der Waals surface area contributed by atoms with E-state index in [4.69, 9.17) is 22.4 Å². The highest BCUT2D eigenvalue weighted by Gasteiger charge is 2.33. The zero-order valence-electron chi connectivity index (χ0n) is 27.6. The van der Waals surface area contributed by atoms with E-state index in [9.17, 15) is 19.5 Å². The van der Waals surface area contributed by atoms with Crippen LogP contribution in [-0.4, -0.2) is 40.8 Å². The average Bonchev–Trinajstić information content (AvgIpc) is 3.83. The second-order valence-corrected chi connectivity index (χ2v) is 11.9. The minimum atomic E-state index is -1.45. The summed E-state index contributed by atoms with van der Waals surface area (Å²) in [4.78, 5) is 42.5. The van der Waals surface area contributed by atoms with Crippen molar-refractivity contribution in [3.05, 3.63) is 116 Å². The molecule has 0 radical (unpaired) electrons. The van der Waals surface area contributed by atoms with Gasteiger partial charge in [0, 0.05) is 18.5 Å². The van der Waals surface area contributed by atoms with Crippen molar-refractivity contribution in [3.8, 4) is 22.5 Å². The summed E-state index contributed by atoms with van der Waals surface area (Å²) in [6.07, 6.45) is 1.30. The standard InChI is InChI=1S/C34H34N6O9/c1-6-9-27-35-29(34(4,5)44)28(31(41)45-18-26-20(3)47-33(43)49-26)39(27)16-21-12-14-22(15-13-21)23-10-7-8-11-24(23)30-36-38-40(37-30)17-25-19(2)46-32(42)48-25/h7-8,10-15,44H,6,9,16-18H2,1-5H3. The van der Waals surface area contributed by atoms with Crippen LogP contribution in [0, 0.1) is 13.8 Å². The molecule has 0 amide bonds. The highest BCUT2D eigenvalue weighted by molar-refractivity contribution is 5.89. The lowest BCUT2D eigenvalue weighted by atomic mass is 9.98. The molecule has 0 aliphatic rings. The van der Waals surface area contributed by atoms with Crippen molar-refractivity contribution in [2.24, 2.45) is 0 Å². The Morgan fingerprint density at radius 1 is 0.898 bits per heavy atom. The van der Waals surface area contributed by atoms with Gasteiger partial charge in [-0.3, -0.25) is 0 Å². The number of carbonyl (C=O) groups excluding carboxylic acids is 1. The maximum absolute atomic E-state index is 13.6. The number of aliphatic hydroxyl groups is 1. The van der Waals surface area contributed by atoms with Gasteiger partial charge in [-0.1, -0.05) is 55.5 Å². The van der Waals surface area contributed by atoms with Gasteiger partial charge in [0.05, 0.1) is 0 Å². The first-order valence-corrected chi connectivity index (χ1v) is 15.6. The van der Waals surface area contributed by atoms with Crippen LogP contribution in [0.3, 0.4) is 0 Å². The first-order valence-electron chi connectivity index (χ1n) is 15.6. The minimum Gasteiger partial charge on any atom is -0.453 e. The smallest absolute Gasteiger partial charge is 0.453 e. The van der Waals surface area contributed by atoms with Gasteiger partial charge in [0.2, 0.25) is 5.82 Å². The number of tetrazole rings is 1. The molecule has 0 saturated carbocycles. The molecule has 254 valence electrons. The van der Waals surface area contributed by atoms with E-state index in [2.05, 4.69) is 20.4 Å². The fraction of sp³-hybridized carbons (Fsp3) is 0.324. The van der Waals surface area contributed by atoms with E-state index in [1.54, 1.807) is 25.3 Å². The van der Waals surface area contributed by atoms with Crippen LogP contribution >= 0.6 is 0 Å². The summed E-state index contributed by atoms with van der Waals surface area (Å²) in [5.74, 6) is -0.440. The molecule has 0 atom stereocenters. The SMILES string of the molecule is CCCc1nc(C(C)(C)O)c(C(=O)OCc2oc(=O)oc2C)n1Cc1ccc(-c2ccccc2-c2nnn(Cc3oc(=O)oc3C)n2)cc1. The van der Waals surface area contributed by atoms with Crippen molar-refractivity contribution in [1.29, 1.82) is 0 Å². The monoisotopic (exact) mass is 670 g/mol. The zero-order valence-corrected chi connectivity index (χ0v) is 27.6. The number of rotatable bonds is 12. The summed E-state index contributed by atoms with van der Waals surface area (Å²) in [7, 11) is 0. The molecule has 0 aliphatic heterocycles. The van der Waals surface area contributed by atoms with Gasteiger partial charge < -0.3 is 32.1 Å². The van der Waals surface area contributed by atoms with Gasteiger partial charge in [0.25, 0.3) is 0 Å². The molecule has 0 unspecified atom stereocenters. The molecule has 6 rings (SSSR count). The van der Waals surface area contributed by atoms with Crippen LogP contribution in [-0.2, 0) is 36.5 Å². The molecule has 4 heterocycles. The van der Waals surface area contributed by atoms with Crippen molar-refractivity contribution >= 4 is 5.97 Å². The van der Waals surface area contributed by atoms with Gasteiger partial charge in [-0.15, -0.1) is 10.2 Å². The first-order chi connectivity index (χ1) is 23.4. The highest BCUT2D eigenvalue weighted by atomic mass is 16.6. The quantitative estimate of drug-likeness (QED) is 0.178. The summed E-state index contributed by atoms with van der Waals surface area (Å²) in [6.45, 7) is 8.30. The van der Waals surface area contributed by atoms with Crippen LogP contribution < -0.4 is 11.6 Å². The molecule has 0 spiro atoms. The molecule has 0 saturated heterocycles. The van der Waals surface area contributed by atoms with Crippen LogP contribution in [0.15, 0.2) is 75.8 Å². The Hall–Kier alpha value is -5.83. The molecule has 1 N–H and O–H groups in total.